The average Bonchev–Trinajstić information content (AvgIpc) is 2.82. The molecule has 0 unspecified atom stereocenters. The van der Waals surface area contributed by atoms with Crippen LogP contribution in [-0.4, -0.2) is 57.9 Å². The van der Waals surface area contributed by atoms with Gasteiger partial charge in [0.05, 0.1) is 5.52 Å². The third-order valence-corrected chi connectivity index (χ3v) is 5.94. The normalized spacial score (nSPS) is 14.0. The number of carbonyl (C=O) groups is 2. The quantitative estimate of drug-likeness (QED) is 0.533. The highest BCUT2D eigenvalue weighted by atomic mass is 16.4. The van der Waals surface area contributed by atoms with E-state index in [1.165, 1.54) is 9.47 Å². The molecule has 2 amide bonds. The van der Waals surface area contributed by atoms with Crippen molar-refractivity contribution in [1.29, 1.82) is 0 Å². The summed E-state index contributed by atoms with van der Waals surface area (Å²) in [6.07, 6.45) is -0.932. The molecule has 3 N–H and O–H groups in total. The van der Waals surface area contributed by atoms with Gasteiger partial charge in [0.2, 0.25) is 0 Å². The van der Waals surface area contributed by atoms with Crippen molar-refractivity contribution in [2.45, 2.75) is 20.4 Å². The van der Waals surface area contributed by atoms with E-state index in [0.717, 1.165) is 5.69 Å². The second-order valence-electron chi connectivity index (χ2n) is 8.81. The molecule has 0 spiro atoms. The number of nitrogens with zero attached hydrogens (tertiary/aromatic N) is 3. The van der Waals surface area contributed by atoms with Gasteiger partial charge in [0, 0.05) is 49.5 Å². The minimum absolute atomic E-state index is 0.167. The maximum absolute atomic E-state index is 13.3. The van der Waals surface area contributed by atoms with Crippen molar-refractivity contribution >= 4 is 34.3 Å². The molecule has 3 aromatic rings. The number of aromatic nitrogens is 1. The summed E-state index contributed by atoms with van der Waals surface area (Å²) in [5.41, 5.74) is 1.06. The number of aromatic hydroxyl groups is 1. The van der Waals surface area contributed by atoms with Crippen LogP contribution in [0.1, 0.15) is 24.2 Å². The number of amides is 2. The number of carbonyl (C=O) groups excluding carboxylic acids is 1. The fourth-order valence-electron chi connectivity index (χ4n) is 4.27. The van der Waals surface area contributed by atoms with Gasteiger partial charge >= 0.3 is 6.09 Å². The van der Waals surface area contributed by atoms with E-state index >= 15 is 0 Å². The molecule has 2 heterocycles. The van der Waals surface area contributed by atoms with E-state index < -0.39 is 17.6 Å². The second kappa shape index (κ2) is 9.46. The number of hydrogen-bond acceptors (Lipinski definition) is 5. The van der Waals surface area contributed by atoms with Crippen molar-refractivity contribution in [3.05, 3.63) is 64.4 Å². The van der Waals surface area contributed by atoms with Crippen molar-refractivity contribution < 1.29 is 19.8 Å². The van der Waals surface area contributed by atoms with Crippen LogP contribution in [0, 0.1) is 5.92 Å². The van der Waals surface area contributed by atoms with E-state index in [4.69, 9.17) is 5.11 Å². The van der Waals surface area contributed by atoms with Gasteiger partial charge in [0.1, 0.15) is 11.3 Å². The minimum atomic E-state index is -0.932. The molecule has 1 aromatic heterocycles. The number of rotatable bonds is 5. The largest absolute Gasteiger partial charge is 0.506 e. The summed E-state index contributed by atoms with van der Waals surface area (Å²) in [5.74, 6) is -0.850. The molecule has 0 atom stereocenters. The summed E-state index contributed by atoms with van der Waals surface area (Å²) in [6, 6.07) is 14.1. The Hall–Kier alpha value is -4.01. The molecule has 0 saturated carbocycles. The molecule has 1 aliphatic heterocycles. The Bertz CT molecular complexity index is 1290. The minimum Gasteiger partial charge on any atom is -0.506 e. The fourth-order valence-corrected chi connectivity index (χ4v) is 4.27. The fraction of sp³-hybridized carbons (Fsp3) is 0.320. The van der Waals surface area contributed by atoms with E-state index in [-0.39, 0.29) is 17.2 Å². The van der Waals surface area contributed by atoms with Crippen LogP contribution in [0.5, 0.6) is 5.75 Å². The Morgan fingerprint density at radius 3 is 2.41 bits per heavy atom. The number of anilines is 2. The zero-order valence-electron chi connectivity index (χ0n) is 19.2. The lowest BCUT2D eigenvalue weighted by atomic mass is 10.1. The first-order valence-electron chi connectivity index (χ1n) is 11.2. The van der Waals surface area contributed by atoms with Gasteiger partial charge in [-0.2, -0.15) is 0 Å². The van der Waals surface area contributed by atoms with Crippen molar-refractivity contribution in [3.8, 4) is 5.75 Å². The Labute approximate surface area is 196 Å². The monoisotopic (exact) mass is 464 g/mol. The van der Waals surface area contributed by atoms with Crippen LogP contribution in [0.3, 0.4) is 0 Å². The summed E-state index contributed by atoms with van der Waals surface area (Å²) in [5, 5.41) is 23.2. The predicted octanol–water partition coefficient (Wildman–Crippen LogP) is 3.42. The highest BCUT2D eigenvalue weighted by Crippen LogP contribution is 2.28. The average molecular weight is 465 g/mol. The highest BCUT2D eigenvalue weighted by Gasteiger charge is 2.24. The van der Waals surface area contributed by atoms with Crippen LogP contribution in [-0.2, 0) is 6.54 Å². The third-order valence-electron chi connectivity index (χ3n) is 5.94. The molecule has 34 heavy (non-hydrogen) atoms. The lowest BCUT2D eigenvalue weighted by molar-refractivity contribution is 0.102. The molecule has 0 aliphatic carbocycles. The van der Waals surface area contributed by atoms with E-state index in [1.807, 2.05) is 24.8 Å². The van der Waals surface area contributed by atoms with Crippen LogP contribution in [0.25, 0.3) is 10.9 Å². The maximum Gasteiger partial charge on any atom is 0.407 e. The van der Waals surface area contributed by atoms with Gasteiger partial charge in [-0.3, -0.25) is 9.59 Å². The zero-order chi connectivity index (χ0) is 24.4. The number of carboxylic acid groups (broad SMARTS) is 1. The lowest BCUT2D eigenvalue weighted by Gasteiger charge is -2.34. The van der Waals surface area contributed by atoms with Gasteiger partial charge in [-0.15, -0.1) is 0 Å². The van der Waals surface area contributed by atoms with Crippen LogP contribution in [0.4, 0.5) is 16.2 Å². The van der Waals surface area contributed by atoms with E-state index in [0.29, 0.717) is 49.3 Å². The maximum atomic E-state index is 13.3. The molecule has 2 aromatic carbocycles. The number of fused-ring (bicyclic) bond motifs is 1. The molecule has 1 fully saturated rings. The molecule has 1 aliphatic rings. The van der Waals surface area contributed by atoms with Gasteiger partial charge in [0.25, 0.3) is 11.5 Å². The summed E-state index contributed by atoms with van der Waals surface area (Å²) >= 11 is 0. The molecule has 4 rings (SSSR count). The number of benzene rings is 2. The Balaban J connectivity index is 1.63. The van der Waals surface area contributed by atoms with Crippen molar-refractivity contribution in [2.75, 3.05) is 36.4 Å². The predicted molar refractivity (Wildman–Crippen MR) is 131 cm³/mol. The molecule has 9 heteroatoms. The molecular weight excluding hydrogens is 436 g/mol. The van der Waals surface area contributed by atoms with E-state index in [9.17, 15) is 19.5 Å². The molecule has 0 radical (unpaired) electrons. The molecule has 0 bridgehead atoms. The SMILES string of the molecule is CC(C)Cn1c(=O)c(C(=O)Nc2cccc(N3CCN(C(=O)O)CC3)c2)c(O)c2ccccc21. The summed E-state index contributed by atoms with van der Waals surface area (Å²) < 4.78 is 1.53. The topological polar surface area (TPSA) is 115 Å². The highest BCUT2D eigenvalue weighted by molar-refractivity contribution is 6.09. The summed E-state index contributed by atoms with van der Waals surface area (Å²) in [4.78, 5) is 41.0. The molecule has 9 nitrogen and oxygen atoms in total. The van der Waals surface area contributed by atoms with Crippen molar-refractivity contribution in [2.24, 2.45) is 5.92 Å². The first kappa shape index (κ1) is 23.2. The Morgan fingerprint density at radius 1 is 1.03 bits per heavy atom. The van der Waals surface area contributed by atoms with Gasteiger partial charge in [-0.1, -0.05) is 32.0 Å². The molecule has 1 saturated heterocycles. The van der Waals surface area contributed by atoms with Crippen molar-refractivity contribution in [3.63, 3.8) is 0 Å². The lowest BCUT2D eigenvalue weighted by Crippen LogP contribution is -2.48. The van der Waals surface area contributed by atoms with E-state index in [1.54, 1.807) is 42.5 Å². The third kappa shape index (κ3) is 4.54. The Kier molecular flexibility index (Phi) is 6.45. The van der Waals surface area contributed by atoms with E-state index in [2.05, 4.69) is 5.32 Å². The molecular formula is C25H28N4O5. The van der Waals surface area contributed by atoms with Gasteiger partial charge in [-0.05, 0) is 36.2 Å². The van der Waals surface area contributed by atoms with Crippen molar-refractivity contribution in [1.82, 2.24) is 9.47 Å². The smallest absolute Gasteiger partial charge is 0.407 e. The number of piperazine rings is 1. The van der Waals surface area contributed by atoms with Crippen LogP contribution in [0.15, 0.2) is 53.3 Å². The van der Waals surface area contributed by atoms with Gasteiger partial charge in [0.15, 0.2) is 0 Å². The number of pyridine rings is 1. The summed E-state index contributed by atoms with van der Waals surface area (Å²) in [6.45, 7) is 6.24. The first-order valence-corrected chi connectivity index (χ1v) is 11.2. The number of para-hydroxylation sites is 1. The zero-order valence-corrected chi connectivity index (χ0v) is 19.2. The van der Waals surface area contributed by atoms with Crippen LogP contribution >= 0.6 is 0 Å². The van der Waals surface area contributed by atoms with Crippen LogP contribution in [0.2, 0.25) is 0 Å². The second-order valence-corrected chi connectivity index (χ2v) is 8.81. The van der Waals surface area contributed by atoms with Crippen LogP contribution < -0.4 is 15.8 Å². The number of hydrogen-bond donors (Lipinski definition) is 3. The number of nitrogens with one attached hydrogen (secondary N) is 1. The van der Waals surface area contributed by atoms with Gasteiger partial charge in [-0.25, -0.2) is 4.79 Å². The Morgan fingerprint density at radius 2 is 1.74 bits per heavy atom. The summed E-state index contributed by atoms with van der Waals surface area (Å²) in [7, 11) is 0. The molecule has 178 valence electrons. The first-order chi connectivity index (χ1) is 16.3. The van der Waals surface area contributed by atoms with Gasteiger partial charge < -0.3 is 29.9 Å². The standard InChI is InChI=1S/C25H28N4O5/c1-16(2)15-29-20-9-4-3-8-19(20)22(30)21(24(29)32)23(31)26-17-6-5-7-18(14-17)27-10-12-28(13-11-27)25(33)34/h3-9,14,16,30H,10-13,15H2,1-2H3,(H,26,31)(H,33,34).